The Hall–Kier alpha value is -3.02. The molecule has 3 aromatic rings. The van der Waals surface area contributed by atoms with Gasteiger partial charge in [-0.3, -0.25) is 0 Å². The van der Waals surface area contributed by atoms with Crippen molar-refractivity contribution in [2.45, 2.75) is 68.1 Å². The minimum Gasteiger partial charge on any atom is -0.493 e. The van der Waals surface area contributed by atoms with Crippen LogP contribution < -0.4 is 14.2 Å². The highest BCUT2D eigenvalue weighted by Crippen LogP contribution is 2.38. The van der Waals surface area contributed by atoms with E-state index < -0.39 is 55.3 Å². The molecular weight excluding hydrogens is 596 g/mol. The fraction of sp³-hybridized carbons (Fsp3) is 0.548. The molecule has 2 aliphatic heterocycles. The van der Waals surface area contributed by atoms with Crippen LogP contribution in [0, 0.1) is 0 Å². The van der Waals surface area contributed by atoms with E-state index in [1.54, 1.807) is 27.4 Å². The topological polar surface area (TPSA) is 199 Å². The van der Waals surface area contributed by atoms with Crippen LogP contribution in [0.5, 0.6) is 17.2 Å². The molecule has 0 bridgehead atoms. The van der Waals surface area contributed by atoms with Crippen molar-refractivity contribution in [1.82, 2.24) is 0 Å². The first-order chi connectivity index (χ1) is 21.6. The highest BCUT2D eigenvalue weighted by atomic mass is 16.7. The predicted octanol–water partition coefficient (Wildman–Crippen LogP) is 0.338. The van der Waals surface area contributed by atoms with Gasteiger partial charge in [0.2, 0.25) is 0 Å². The molecule has 9 atom stereocenters. The number of ether oxygens (including phenoxy) is 7. The number of furan rings is 1. The van der Waals surface area contributed by atoms with Crippen molar-refractivity contribution in [3.8, 4) is 28.6 Å². The summed E-state index contributed by atoms with van der Waals surface area (Å²) >= 11 is 0. The van der Waals surface area contributed by atoms with Crippen LogP contribution in [0.15, 0.2) is 40.8 Å². The Bertz CT molecular complexity index is 1410. The van der Waals surface area contributed by atoms with Crippen molar-refractivity contribution in [3.63, 3.8) is 0 Å². The number of aliphatic hydroxyl groups is 6. The Balaban J connectivity index is 1.18. The van der Waals surface area contributed by atoms with Gasteiger partial charge in [-0.25, -0.2) is 0 Å². The summed E-state index contributed by atoms with van der Waals surface area (Å²) in [6.07, 6.45) is -11.5. The molecule has 0 aliphatic carbocycles. The van der Waals surface area contributed by atoms with Gasteiger partial charge in [0, 0.05) is 10.9 Å². The van der Waals surface area contributed by atoms with Crippen molar-refractivity contribution in [1.29, 1.82) is 0 Å². The molecule has 0 radical (unpaired) electrons. The minimum atomic E-state index is -1.59. The summed E-state index contributed by atoms with van der Waals surface area (Å²) in [5.41, 5.74) is 2.35. The smallest absolute Gasteiger partial charge is 0.186 e. The van der Waals surface area contributed by atoms with Crippen molar-refractivity contribution >= 4 is 11.0 Å². The molecule has 0 amide bonds. The summed E-state index contributed by atoms with van der Waals surface area (Å²) in [5, 5.41) is 61.6. The molecular formula is C31H40O14. The molecule has 14 nitrogen and oxygen atoms in total. The summed E-state index contributed by atoms with van der Waals surface area (Å²) in [6.45, 7) is -0.469. The SMILES string of the molecule is COc1ccc(-c2cc3cc(CCCO[C@@H]4O[C@H](CO[C@@H]5OC[C@@H](O)[C@H](O)[C@H]5O)[C@@H](O)[C@H](O)[C@H]4O)cc(OC)c3o2)cc1OC. The van der Waals surface area contributed by atoms with Crippen LogP contribution in [0.4, 0.5) is 0 Å². The summed E-state index contributed by atoms with van der Waals surface area (Å²) in [4.78, 5) is 0. The number of aryl methyl sites for hydroxylation is 1. The van der Waals surface area contributed by atoms with Crippen molar-refractivity contribution < 1.29 is 68.2 Å². The lowest BCUT2D eigenvalue weighted by molar-refractivity contribution is -0.320. The van der Waals surface area contributed by atoms with Gasteiger partial charge in [-0.2, -0.15) is 0 Å². The van der Waals surface area contributed by atoms with E-state index in [0.717, 1.165) is 16.5 Å². The summed E-state index contributed by atoms with van der Waals surface area (Å²) in [6, 6.07) is 11.3. The van der Waals surface area contributed by atoms with Gasteiger partial charge in [-0.15, -0.1) is 0 Å². The van der Waals surface area contributed by atoms with Crippen molar-refractivity contribution in [2.24, 2.45) is 0 Å². The summed E-state index contributed by atoms with van der Waals surface area (Å²) < 4.78 is 44.5. The highest BCUT2D eigenvalue weighted by Gasteiger charge is 2.45. The molecule has 248 valence electrons. The Morgan fingerprint density at radius 3 is 2.20 bits per heavy atom. The summed E-state index contributed by atoms with van der Waals surface area (Å²) in [5.74, 6) is 2.38. The van der Waals surface area contributed by atoms with E-state index in [1.165, 1.54) is 0 Å². The Labute approximate surface area is 259 Å². The Morgan fingerprint density at radius 2 is 1.47 bits per heavy atom. The molecule has 3 heterocycles. The van der Waals surface area contributed by atoms with Crippen molar-refractivity contribution in [2.75, 3.05) is 41.2 Å². The number of hydrogen-bond acceptors (Lipinski definition) is 14. The zero-order chi connectivity index (χ0) is 32.2. The number of rotatable bonds is 12. The maximum atomic E-state index is 10.4. The van der Waals surface area contributed by atoms with E-state index in [4.69, 9.17) is 37.6 Å². The second kappa shape index (κ2) is 14.6. The fourth-order valence-corrected chi connectivity index (χ4v) is 5.39. The van der Waals surface area contributed by atoms with Crippen LogP contribution in [0.25, 0.3) is 22.3 Å². The van der Waals surface area contributed by atoms with Crippen LogP contribution in [0.3, 0.4) is 0 Å². The zero-order valence-electron chi connectivity index (χ0n) is 25.1. The largest absolute Gasteiger partial charge is 0.493 e. The second-order valence-corrected chi connectivity index (χ2v) is 11.0. The molecule has 45 heavy (non-hydrogen) atoms. The van der Waals surface area contributed by atoms with E-state index in [2.05, 4.69) is 0 Å². The molecule has 2 saturated heterocycles. The van der Waals surface area contributed by atoms with E-state index >= 15 is 0 Å². The average Bonchev–Trinajstić information content (AvgIpc) is 3.49. The van der Waals surface area contributed by atoms with Gasteiger partial charge in [0.25, 0.3) is 0 Å². The molecule has 0 unspecified atom stereocenters. The lowest BCUT2D eigenvalue weighted by atomic mass is 9.99. The predicted molar refractivity (Wildman–Crippen MR) is 156 cm³/mol. The molecule has 6 N–H and O–H groups in total. The third kappa shape index (κ3) is 7.20. The fourth-order valence-electron chi connectivity index (χ4n) is 5.39. The van der Waals surface area contributed by atoms with Gasteiger partial charge >= 0.3 is 0 Å². The molecule has 14 heteroatoms. The first kappa shape index (κ1) is 33.3. The van der Waals surface area contributed by atoms with Crippen LogP contribution in [0.1, 0.15) is 12.0 Å². The van der Waals surface area contributed by atoms with Crippen LogP contribution >= 0.6 is 0 Å². The number of fused-ring (bicyclic) bond motifs is 1. The lowest BCUT2D eigenvalue weighted by Gasteiger charge is -2.41. The van der Waals surface area contributed by atoms with Crippen LogP contribution in [0.2, 0.25) is 0 Å². The van der Waals surface area contributed by atoms with Crippen molar-refractivity contribution in [3.05, 3.63) is 42.0 Å². The molecule has 5 rings (SSSR count). The standard InChI is InChI=1S/C31H40O14/c1-38-19-7-6-16(11-21(19)39-2)20-12-17-9-15(10-22(40-3)29(17)44-20)5-4-8-41-31-28(37)26(35)25(34)23(45-31)14-43-30-27(36)24(33)18(32)13-42-30/h6-7,9-12,18,23-28,30-37H,4-5,8,13-14H2,1-3H3/t18-,23-,24+,25-,26+,27-,28-,30+,31-/m1/s1. The summed E-state index contributed by atoms with van der Waals surface area (Å²) in [7, 11) is 4.70. The van der Waals surface area contributed by atoms with Crippen LogP contribution in [-0.2, 0) is 25.4 Å². The van der Waals surface area contributed by atoms with Gasteiger partial charge in [0.15, 0.2) is 35.4 Å². The first-order valence-electron chi connectivity index (χ1n) is 14.6. The van der Waals surface area contributed by atoms with E-state index in [1.807, 2.05) is 30.3 Å². The quantitative estimate of drug-likeness (QED) is 0.149. The number of benzene rings is 2. The third-order valence-corrected chi connectivity index (χ3v) is 7.97. The normalized spacial score (nSPS) is 30.4. The van der Waals surface area contributed by atoms with Gasteiger partial charge in [-0.1, -0.05) is 0 Å². The van der Waals surface area contributed by atoms with Gasteiger partial charge in [0.1, 0.15) is 48.5 Å². The average molecular weight is 637 g/mol. The second-order valence-electron chi connectivity index (χ2n) is 11.0. The molecule has 2 aromatic carbocycles. The van der Waals surface area contributed by atoms with Gasteiger partial charge < -0.3 is 68.2 Å². The molecule has 2 fully saturated rings. The maximum Gasteiger partial charge on any atom is 0.186 e. The zero-order valence-corrected chi connectivity index (χ0v) is 25.1. The number of hydrogen-bond donors (Lipinski definition) is 6. The van der Waals surface area contributed by atoms with Crippen LogP contribution in [-0.4, -0.2) is 127 Å². The highest BCUT2D eigenvalue weighted by molar-refractivity contribution is 5.88. The maximum absolute atomic E-state index is 10.4. The number of methoxy groups -OCH3 is 3. The lowest BCUT2D eigenvalue weighted by Crippen LogP contribution is -2.60. The van der Waals surface area contributed by atoms with Gasteiger partial charge in [-0.05, 0) is 54.8 Å². The number of aliphatic hydroxyl groups excluding tert-OH is 6. The van der Waals surface area contributed by atoms with E-state index in [9.17, 15) is 30.6 Å². The first-order valence-corrected chi connectivity index (χ1v) is 14.6. The monoisotopic (exact) mass is 636 g/mol. The molecule has 2 aliphatic rings. The van der Waals surface area contributed by atoms with E-state index in [-0.39, 0.29) is 19.8 Å². The molecule has 0 spiro atoms. The Kier molecular flexibility index (Phi) is 10.8. The Morgan fingerprint density at radius 1 is 0.733 bits per heavy atom. The molecule has 0 saturated carbocycles. The van der Waals surface area contributed by atoms with Gasteiger partial charge in [0.05, 0.1) is 41.2 Å². The minimum absolute atomic E-state index is 0.148. The molecule has 1 aromatic heterocycles. The van der Waals surface area contributed by atoms with E-state index in [0.29, 0.717) is 41.4 Å². The third-order valence-electron chi connectivity index (χ3n) is 7.97.